The van der Waals surface area contributed by atoms with Gasteiger partial charge in [0.1, 0.15) is 0 Å². The number of carbonyl (C=O) groups is 1. The number of hydrogen-bond donors (Lipinski definition) is 1. The molecule has 2 aliphatic heterocycles. The minimum Gasteiger partial charge on any atom is -0.391 e. The zero-order valence-electron chi connectivity index (χ0n) is 13.4. The van der Waals surface area contributed by atoms with Gasteiger partial charge in [-0.3, -0.25) is 4.79 Å². The molecule has 0 radical (unpaired) electrons. The Hall–Kier alpha value is -1.55. The van der Waals surface area contributed by atoms with E-state index >= 15 is 0 Å². The second-order valence-electron chi connectivity index (χ2n) is 6.60. The van der Waals surface area contributed by atoms with Crippen molar-refractivity contribution in [2.24, 2.45) is 0 Å². The Morgan fingerprint density at radius 2 is 2.14 bits per heavy atom. The van der Waals surface area contributed by atoms with Crippen molar-refractivity contribution in [2.75, 3.05) is 24.5 Å². The Morgan fingerprint density at radius 3 is 2.95 bits per heavy atom. The number of likely N-dealkylation sites (tertiary alicyclic amines) is 1. The predicted octanol–water partition coefficient (Wildman–Crippen LogP) is 2.20. The molecule has 0 bridgehead atoms. The molecule has 0 aromatic heterocycles. The molecule has 0 aliphatic carbocycles. The van der Waals surface area contributed by atoms with E-state index in [1.165, 1.54) is 11.3 Å². The van der Waals surface area contributed by atoms with Crippen LogP contribution in [0.5, 0.6) is 0 Å². The maximum Gasteiger partial charge on any atom is 0.224 e. The smallest absolute Gasteiger partial charge is 0.224 e. The van der Waals surface area contributed by atoms with Crippen LogP contribution in [-0.2, 0) is 11.2 Å². The number of fused-ring (bicyclic) bond motifs is 1. The summed E-state index contributed by atoms with van der Waals surface area (Å²) in [6, 6.07) is 9.01. The maximum absolute atomic E-state index is 12.4. The topological polar surface area (TPSA) is 43.8 Å². The van der Waals surface area contributed by atoms with Crippen molar-refractivity contribution < 1.29 is 9.90 Å². The van der Waals surface area contributed by atoms with Crippen LogP contribution in [0.15, 0.2) is 24.3 Å². The first-order chi connectivity index (χ1) is 10.6. The van der Waals surface area contributed by atoms with Gasteiger partial charge in [0.2, 0.25) is 5.91 Å². The van der Waals surface area contributed by atoms with Gasteiger partial charge < -0.3 is 14.9 Å². The van der Waals surface area contributed by atoms with Gasteiger partial charge in [-0.1, -0.05) is 18.2 Å². The third-order valence-corrected chi connectivity index (χ3v) is 4.98. The first-order valence-corrected chi connectivity index (χ1v) is 8.45. The second-order valence-corrected chi connectivity index (χ2v) is 6.60. The maximum atomic E-state index is 12.4. The number of carbonyl (C=O) groups excluding carboxylic acids is 1. The van der Waals surface area contributed by atoms with E-state index < -0.39 is 0 Å². The number of piperidine rings is 1. The van der Waals surface area contributed by atoms with Gasteiger partial charge in [0.25, 0.3) is 0 Å². The summed E-state index contributed by atoms with van der Waals surface area (Å²) < 4.78 is 0. The summed E-state index contributed by atoms with van der Waals surface area (Å²) in [5.41, 5.74) is 2.68. The lowest BCUT2D eigenvalue weighted by molar-refractivity contribution is -0.134. The monoisotopic (exact) mass is 302 g/mol. The van der Waals surface area contributed by atoms with Crippen LogP contribution in [0.25, 0.3) is 0 Å². The number of aliphatic hydroxyl groups excluding tert-OH is 1. The third kappa shape index (κ3) is 3.27. The van der Waals surface area contributed by atoms with E-state index in [-0.39, 0.29) is 12.0 Å². The van der Waals surface area contributed by atoms with E-state index in [1.54, 1.807) is 0 Å². The van der Waals surface area contributed by atoms with E-state index in [4.69, 9.17) is 0 Å². The van der Waals surface area contributed by atoms with E-state index in [0.29, 0.717) is 19.0 Å². The summed E-state index contributed by atoms with van der Waals surface area (Å²) in [5, 5.41) is 9.71. The van der Waals surface area contributed by atoms with Crippen LogP contribution in [0.3, 0.4) is 0 Å². The zero-order valence-corrected chi connectivity index (χ0v) is 13.4. The molecule has 1 saturated heterocycles. The number of anilines is 1. The first kappa shape index (κ1) is 15.3. The molecule has 2 atom stereocenters. The number of para-hydroxylation sites is 1. The number of amides is 1. The molecule has 0 unspecified atom stereocenters. The lowest BCUT2D eigenvalue weighted by Gasteiger charge is -2.38. The lowest BCUT2D eigenvalue weighted by atomic mass is 9.96. The Labute approximate surface area is 132 Å². The van der Waals surface area contributed by atoms with Crippen LogP contribution in [-0.4, -0.2) is 47.7 Å². The molecule has 0 spiro atoms. The fourth-order valence-corrected chi connectivity index (χ4v) is 3.66. The molecular formula is C18H26N2O2. The largest absolute Gasteiger partial charge is 0.391 e. The van der Waals surface area contributed by atoms with Crippen LogP contribution in [0, 0.1) is 0 Å². The summed E-state index contributed by atoms with van der Waals surface area (Å²) in [6.45, 7) is 4.31. The van der Waals surface area contributed by atoms with Gasteiger partial charge in [0, 0.05) is 37.8 Å². The van der Waals surface area contributed by atoms with Crippen LogP contribution in [0.2, 0.25) is 0 Å². The van der Waals surface area contributed by atoms with E-state index in [1.807, 2.05) is 4.90 Å². The molecular weight excluding hydrogens is 276 g/mol. The lowest BCUT2D eigenvalue weighted by Crippen LogP contribution is -2.44. The Morgan fingerprint density at radius 1 is 1.32 bits per heavy atom. The van der Waals surface area contributed by atoms with Gasteiger partial charge in [0.05, 0.1) is 6.10 Å². The molecule has 1 N–H and O–H groups in total. The predicted molar refractivity (Wildman–Crippen MR) is 88.0 cm³/mol. The SMILES string of the molecule is C[C@@H]1CCc2ccccc2N1CCC(=O)N1CCC[C@H](O)C1. The van der Waals surface area contributed by atoms with Crippen LogP contribution in [0.1, 0.15) is 38.2 Å². The highest BCUT2D eigenvalue weighted by Crippen LogP contribution is 2.30. The molecule has 1 aromatic carbocycles. The quantitative estimate of drug-likeness (QED) is 0.931. The van der Waals surface area contributed by atoms with Crippen molar-refractivity contribution in [2.45, 2.75) is 51.2 Å². The van der Waals surface area contributed by atoms with Crippen molar-refractivity contribution in [1.29, 1.82) is 0 Å². The molecule has 2 aliphatic rings. The standard InChI is InChI=1S/C18H26N2O2/c1-14-8-9-15-5-2-3-7-17(15)20(14)12-10-18(22)19-11-4-6-16(21)13-19/h2-3,5,7,14,16,21H,4,6,8-13H2,1H3/t14-,16+/m1/s1. The van der Waals surface area contributed by atoms with Gasteiger partial charge in [-0.2, -0.15) is 0 Å². The molecule has 4 nitrogen and oxygen atoms in total. The Kier molecular flexibility index (Phi) is 4.67. The molecule has 2 heterocycles. The average molecular weight is 302 g/mol. The highest BCUT2D eigenvalue weighted by Gasteiger charge is 2.25. The molecule has 120 valence electrons. The normalized spacial score (nSPS) is 25.0. The average Bonchev–Trinajstić information content (AvgIpc) is 2.53. The number of nitrogens with zero attached hydrogens (tertiary/aromatic N) is 2. The third-order valence-electron chi connectivity index (χ3n) is 4.98. The Bertz CT molecular complexity index is 532. The summed E-state index contributed by atoms with van der Waals surface area (Å²) in [7, 11) is 0. The summed E-state index contributed by atoms with van der Waals surface area (Å²) in [5.74, 6) is 0.175. The number of benzene rings is 1. The van der Waals surface area contributed by atoms with Crippen molar-refractivity contribution in [3.8, 4) is 0 Å². The van der Waals surface area contributed by atoms with E-state index in [0.717, 1.165) is 38.8 Å². The molecule has 3 rings (SSSR count). The summed E-state index contributed by atoms with van der Waals surface area (Å²) in [6.07, 6.45) is 4.20. The summed E-state index contributed by atoms with van der Waals surface area (Å²) >= 11 is 0. The van der Waals surface area contributed by atoms with Crippen LogP contribution < -0.4 is 4.90 Å². The van der Waals surface area contributed by atoms with Gasteiger partial charge in [-0.05, 0) is 44.2 Å². The number of aryl methyl sites for hydroxylation is 1. The van der Waals surface area contributed by atoms with E-state index in [2.05, 4.69) is 36.1 Å². The molecule has 1 fully saturated rings. The van der Waals surface area contributed by atoms with Gasteiger partial charge in [0.15, 0.2) is 0 Å². The zero-order chi connectivity index (χ0) is 15.5. The van der Waals surface area contributed by atoms with Crippen LogP contribution in [0.4, 0.5) is 5.69 Å². The van der Waals surface area contributed by atoms with Gasteiger partial charge >= 0.3 is 0 Å². The fourth-order valence-electron chi connectivity index (χ4n) is 3.66. The van der Waals surface area contributed by atoms with Crippen LogP contribution >= 0.6 is 0 Å². The number of aliphatic hydroxyl groups is 1. The highest BCUT2D eigenvalue weighted by molar-refractivity contribution is 5.77. The first-order valence-electron chi connectivity index (χ1n) is 8.45. The molecule has 4 heteroatoms. The minimum atomic E-state index is -0.340. The molecule has 22 heavy (non-hydrogen) atoms. The molecule has 0 saturated carbocycles. The second kappa shape index (κ2) is 6.69. The van der Waals surface area contributed by atoms with Crippen molar-refractivity contribution in [3.63, 3.8) is 0 Å². The van der Waals surface area contributed by atoms with E-state index in [9.17, 15) is 9.90 Å². The highest BCUT2D eigenvalue weighted by atomic mass is 16.3. The minimum absolute atomic E-state index is 0.175. The van der Waals surface area contributed by atoms with Crippen molar-refractivity contribution in [1.82, 2.24) is 4.90 Å². The Balaban J connectivity index is 1.62. The number of β-amino-alcohol motifs (C(OH)–C–C–N with tert-alkyl or cyclic N) is 1. The molecule has 1 amide bonds. The van der Waals surface area contributed by atoms with Gasteiger partial charge in [-0.15, -0.1) is 0 Å². The van der Waals surface area contributed by atoms with Crippen molar-refractivity contribution >= 4 is 11.6 Å². The van der Waals surface area contributed by atoms with Crippen molar-refractivity contribution in [3.05, 3.63) is 29.8 Å². The molecule has 1 aromatic rings. The fraction of sp³-hybridized carbons (Fsp3) is 0.611. The number of hydrogen-bond acceptors (Lipinski definition) is 3. The number of rotatable bonds is 3. The summed E-state index contributed by atoms with van der Waals surface area (Å²) in [4.78, 5) is 16.6. The van der Waals surface area contributed by atoms with Gasteiger partial charge in [-0.25, -0.2) is 0 Å².